The van der Waals surface area contributed by atoms with Crippen molar-refractivity contribution in [2.45, 2.75) is 37.4 Å². The van der Waals surface area contributed by atoms with E-state index in [1.165, 1.54) is 0 Å². The highest BCUT2D eigenvalue weighted by molar-refractivity contribution is 5.94. The smallest absolute Gasteiger partial charge is 0.326 e. The van der Waals surface area contributed by atoms with E-state index in [0.29, 0.717) is 0 Å². The van der Waals surface area contributed by atoms with Crippen LogP contribution in [0.15, 0.2) is 91.4 Å². The molecule has 10 N–H and O–H groups in total. The summed E-state index contributed by atoms with van der Waals surface area (Å²) in [5.41, 5.74) is 11.1. The number of carboxylic acid groups (broad SMARTS) is 1. The van der Waals surface area contributed by atoms with Crippen LogP contribution < -0.4 is 27.0 Å². The van der Waals surface area contributed by atoms with Gasteiger partial charge >= 0.3 is 5.97 Å². The lowest BCUT2D eigenvalue weighted by molar-refractivity contribution is -0.141. The number of nitrogens with two attached hydrogens (primary N) is 1. The maximum absolute atomic E-state index is 13.5. The zero-order valence-electron chi connectivity index (χ0n) is 27.5. The molecule has 0 fully saturated rings. The third-order valence-electron chi connectivity index (χ3n) is 8.78. The summed E-state index contributed by atoms with van der Waals surface area (Å²) in [4.78, 5) is 73.6. The first kappa shape index (κ1) is 34.5. The SMILES string of the molecule is N[C@@H](Cc1c[nH]c2ccccc12)C(=O)NCC(=O)N[C@@H](Cc1c[nH]c2ccccc12)C(=O)NCC(=O)N[C@@H](Cc1c[nH]c2ccccc12)C(=O)O. The van der Waals surface area contributed by atoms with E-state index in [2.05, 4.69) is 36.2 Å². The predicted molar refractivity (Wildman–Crippen MR) is 192 cm³/mol. The van der Waals surface area contributed by atoms with Crippen molar-refractivity contribution in [3.63, 3.8) is 0 Å². The number of carboxylic acids is 1. The lowest BCUT2D eigenvalue weighted by atomic mass is 10.0. The lowest BCUT2D eigenvalue weighted by Crippen LogP contribution is -2.53. The number of amides is 4. The Labute approximate surface area is 291 Å². The number of aliphatic carboxylic acids is 1. The average Bonchev–Trinajstić information content (AvgIpc) is 3.86. The van der Waals surface area contributed by atoms with Crippen LogP contribution in [0, 0.1) is 0 Å². The maximum atomic E-state index is 13.5. The molecule has 4 amide bonds. The first-order valence-electron chi connectivity index (χ1n) is 16.4. The molecule has 262 valence electrons. The molecule has 14 heteroatoms. The molecule has 14 nitrogen and oxygen atoms in total. The number of nitrogens with one attached hydrogen (secondary N) is 7. The van der Waals surface area contributed by atoms with Crippen molar-refractivity contribution in [3.8, 4) is 0 Å². The maximum Gasteiger partial charge on any atom is 0.326 e. The number of rotatable bonds is 15. The van der Waals surface area contributed by atoms with Crippen LogP contribution in [-0.2, 0) is 43.2 Å². The lowest BCUT2D eigenvalue weighted by Gasteiger charge is -2.20. The number of para-hydroxylation sites is 3. The van der Waals surface area contributed by atoms with E-state index in [0.717, 1.165) is 49.4 Å². The van der Waals surface area contributed by atoms with E-state index in [-0.39, 0.29) is 19.3 Å². The molecule has 0 radical (unpaired) electrons. The fraction of sp³-hybridized carbons (Fsp3) is 0.216. The van der Waals surface area contributed by atoms with Gasteiger partial charge in [0.2, 0.25) is 23.6 Å². The minimum Gasteiger partial charge on any atom is -0.480 e. The van der Waals surface area contributed by atoms with Crippen LogP contribution in [0.2, 0.25) is 0 Å². The topological polar surface area (TPSA) is 227 Å². The van der Waals surface area contributed by atoms with Gasteiger partial charge in [-0.3, -0.25) is 19.2 Å². The number of carbonyl (C=O) groups excluding carboxylic acids is 4. The molecular formula is C37H38N8O6. The number of H-pyrrole nitrogens is 3. The number of fused-ring (bicyclic) bond motifs is 3. The van der Waals surface area contributed by atoms with E-state index < -0.39 is 60.8 Å². The van der Waals surface area contributed by atoms with Gasteiger partial charge in [0.25, 0.3) is 0 Å². The predicted octanol–water partition coefficient (Wildman–Crippen LogP) is 1.77. The molecule has 51 heavy (non-hydrogen) atoms. The molecule has 3 aromatic heterocycles. The summed E-state index contributed by atoms with van der Waals surface area (Å²) in [5, 5.41) is 22.6. The van der Waals surface area contributed by atoms with Crippen molar-refractivity contribution < 1.29 is 29.1 Å². The molecule has 0 saturated heterocycles. The van der Waals surface area contributed by atoms with Crippen LogP contribution >= 0.6 is 0 Å². The van der Waals surface area contributed by atoms with Crippen molar-refractivity contribution in [2.75, 3.05) is 13.1 Å². The van der Waals surface area contributed by atoms with Crippen molar-refractivity contribution >= 4 is 62.3 Å². The highest BCUT2D eigenvalue weighted by Gasteiger charge is 2.26. The third-order valence-corrected chi connectivity index (χ3v) is 8.78. The summed E-state index contributed by atoms with van der Waals surface area (Å²) in [7, 11) is 0. The molecule has 0 unspecified atom stereocenters. The summed E-state index contributed by atoms with van der Waals surface area (Å²) in [6, 6.07) is 19.2. The van der Waals surface area contributed by atoms with Crippen LogP contribution in [0.25, 0.3) is 32.7 Å². The van der Waals surface area contributed by atoms with Gasteiger partial charge in [-0.15, -0.1) is 0 Å². The van der Waals surface area contributed by atoms with Crippen LogP contribution in [0.3, 0.4) is 0 Å². The molecule has 0 aliphatic rings. The van der Waals surface area contributed by atoms with E-state index >= 15 is 0 Å². The molecule has 0 aliphatic carbocycles. The number of benzene rings is 3. The standard InChI is InChI=1S/C37H38N8O6/c38-27(13-21-16-39-28-10-4-1-7-24(21)28)35(48)42-19-33(46)44-31(14-22-17-40-29-11-5-2-8-25(22)29)36(49)43-20-34(47)45-32(37(50)51)15-23-18-41-30-12-6-3-9-26(23)30/h1-12,16-18,27,31-32,39-41H,13-15,19-20,38H2,(H,42,48)(H,43,49)(H,44,46)(H,45,47)(H,50,51)/t27-,31-,32-/m0/s1. The molecule has 6 aromatic rings. The van der Waals surface area contributed by atoms with Crippen LogP contribution in [-0.4, -0.2) is 80.9 Å². The van der Waals surface area contributed by atoms with E-state index in [4.69, 9.17) is 5.73 Å². The zero-order chi connectivity index (χ0) is 35.9. The molecular weight excluding hydrogens is 652 g/mol. The van der Waals surface area contributed by atoms with Gasteiger partial charge in [0.05, 0.1) is 19.1 Å². The zero-order valence-corrected chi connectivity index (χ0v) is 27.5. The number of hydrogen-bond acceptors (Lipinski definition) is 6. The third kappa shape index (κ3) is 8.25. The summed E-state index contributed by atoms with van der Waals surface area (Å²) in [6.45, 7) is -0.969. The second kappa shape index (κ2) is 15.4. The van der Waals surface area contributed by atoms with Crippen LogP contribution in [0.4, 0.5) is 0 Å². The monoisotopic (exact) mass is 690 g/mol. The Balaban J connectivity index is 1.06. The van der Waals surface area contributed by atoms with E-state index in [9.17, 15) is 29.1 Å². The Morgan fingerprint density at radius 2 is 0.961 bits per heavy atom. The van der Waals surface area contributed by atoms with Gasteiger partial charge in [0.15, 0.2) is 0 Å². The summed E-state index contributed by atoms with van der Waals surface area (Å²) in [5.74, 6) is -3.80. The minimum atomic E-state index is -1.25. The van der Waals surface area contributed by atoms with Gasteiger partial charge in [-0.2, -0.15) is 0 Å². The van der Waals surface area contributed by atoms with Gasteiger partial charge in [-0.05, 0) is 41.3 Å². The van der Waals surface area contributed by atoms with E-state index in [1.807, 2.05) is 72.8 Å². The number of hydrogen-bond donors (Lipinski definition) is 9. The Bertz CT molecular complexity index is 2220. The molecule has 0 saturated carbocycles. The van der Waals surface area contributed by atoms with Gasteiger partial charge in [-0.25, -0.2) is 4.79 Å². The molecule has 0 bridgehead atoms. The Hall–Kier alpha value is -6.41. The normalized spacial score (nSPS) is 13.0. The number of carbonyl (C=O) groups is 5. The van der Waals surface area contributed by atoms with Crippen molar-refractivity contribution in [3.05, 3.63) is 108 Å². The highest BCUT2D eigenvalue weighted by atomic mass is 16.4. The van der Waals surface area contributed by atoms with Crippen LogP contribution in [0.1, 0.15) is 16.7 Å². The first-order valence-corrected chi connectivity index (χ1v) is 16.4. The summed E-state index contributed by atoms with van der Waals surface area (Å²) >= 11 is 0. The van der Waals surface area contributed by atoms with E-state index in [1.54, 1.807) is 18.6 Å². The largest absolute Gasteiger partial charge is 0.480 e. The molecule has 3 aromatic carbocycles. The quantitative estimate of drug-likeness (QED) is 0.0775. The highest BCUT2D eigenvalue weighted by Crippen LogP contribution is 2.21. The van der Waals surface area contributed by atoms with Crippen molar-refractivity contribution in [1.82, 2.24) is 36.2 Å². The molecule has 3 heterocycles. The summed E-state index contributed by atoms with van der Waals surface area (Å²) in [6.07, 6.45) is 5.56. The average molecular weight is 691 g/mol. The van der Waals surface area contributed by atoms with Crippen LogP contribution in [0.5, 0.6) is 0 Å². The van der Waals surface area contributed by atoms with Gasteiger partial charge < -0.3 is 47.1 Å². The molecule has 6 rings (SSSR count). The second-order valence-corrected chi connectivity index (χ2v) is 12.3. The molecule has 0 aliphatic heterocycles. The Morgan fingerprint density at radius 1 is 0.569 bits per heavy atom. The van der Waals surface area contributed by atoms with Crippen molar-refractivity contribution in [2.24, 2.45) is 5.73 Å². The molecule has 3 atom stereocenters. The Kier molecular flexibility index (Phi) is 10.4. The second-order valence-electron chi connectivity index (χ2n) is 12.3. The van der Waals surface area contributed by atoms with Gasteiger partial charge in [-0.1, -0.05) is 54.6 Å². The Morgan fingerprint density at radius 3 is 1.43 bits per heavy atom. The van der Waals surface area contributed by atoms with Gasteiger partial charge in [0.1, 0.15) is 12.1 Å². The molecule has 0 spiro atoms. The number of aromatic nitrogens is 3. The summed E-state index contributed by atoms with van der Waals surface area (Å²) < 4.78 is 0. The van der Waals surface area contributed by atoms with Crippen molar-refractivity contribution in [1.29, 1.82) is 0 Å². The fourth-order valence-corrected chi connectivity index (χ4v) is 6.16. The fourth-order valence-electron chi connectivity index (χ4n) is 6.16. The number of aromatic amines is 3. The first-order chi connectivity index (χ1) is 24.7. The van der Waals surface area contributed by atoms with Gasteiger partial charge in [0, 0.05) is 64.1 Å². The minimum absolute atomic E-state index is 0.0233.